The predicted molar refractivity (Wildman–Crippen MR) is 80.0 cm³/mol. The first kappa shape index (κ1) is 13.8. The van der Waals surface area contributed by atoms with E-state index in [0.29, 0.717) is 5.82 Å². The Kier molecular flexibility index (Phi) is 4.76. The van der Waals surface area contributed by atoms with E-state index in [9.17, 15) is 0 Å². The number of hydrogen-bond donors (Lipinski definition) is 2. The van der Waals surface area contributed by atoms with E-state index < -0.39 is 0 Å². The monoisotopic (exact) mass is 274 g/mol. The number of benzene rings is 1. The van der Waals surface area contributed by atoms with Crippen LogP contribution in [0.3, 0.4) is 0 Å². The van der Waals surface area contributed by atoms with Gasteiger partial charge in [-0.1, -0.05) is 24.6 Å². The first-order valence-corrected chi connectivity index (χ1v) is 7.22. The van der Waals surface area contributed by atoms with Gasteiger partial charge in [0.15, 0.2) is 0 Å². The molecule has 19 heavy (non-hydrogen) atoms. The van der Waals surface area contributed by atoms with Gasteiger partial charge in [0, 0.05) is 16.7 Å². The first-order chi connectivity index (χ1) is 9.21. The maximum atomic E-state index is 5.42. The minimum atomic E-state index is 0.673. The molecule has 0 saturated heterocycles. The molecular formula is C14H18N4S. The van der Waals surface area contributed by atoms with Crippen molar-refractivity contribution in [3.63, 3.8) is 0 Å². The number of nitrogens with zero attached hydrogens (tertiary/aromatic N) is 2. The molecule has 1 heterocycles. The molecule has 0 unspecified atom stereocenters. The maximum absolute atomic E-state index is 5.42. The van der Waals surface area contributed by atoms with Crippen molar-refractivity contribution in [1.82, 2.24) is 9.97 Å². The molecule has 0 aliphatic rings. The van der Waals surface area contributed by atoms with Crippen LogP contribution in [0.5, 0.6) is 0 Å². The Balaban J connectivity index is 2.10. The van der Waals surface area contributed by atoms with Gasteiger partial charge in [-0.05, 0) is 25.5 Å². The van der Waals surface area contributed by atoms with E-state index >= 15 is 0 Å². The molecule has 0 aliphatic heterocycles. The zero-order valence-corrected chi connectivity index (χ0v) is 12.0. The summed E-state index contributed by atoms with van der Waals surface area (Å²) in [6.45, 7) is 4.16. The van der Waals surface area contributed by atoms with Crippen LogP contribution in [-0.4, -0.2) is 9.97 Å². The molecule has 0 aliphatic carbocycles. The van der Waals surface area contributed by atoms with Crippen molar-refractivity contribution in [2.24, 2.45) is 5.84 Å². The van der Waals surface area contributed by atoms with E-state index in [4.69, 9.17) is 5.84 Å². The number of aromatic nitrogens is 2. The molecule has 2 rings (SSSR count). The standard InChI is InChI=1S/C14H18N4S/c1-3-11-8-13(18-15)17-14(16-11)9-19-12-6-4-5-10(2)7-12/h4-8H,3,9,15H2,1-2H3,(H,16,17,18). The summed E-state index contributed by atoms with van der Waals surface area (Å²) in [5.41, 5.74) is 4.85. The number of thioether (sulfide) groups is 1. The Hall–Kier alpha value is -1.59. The third kappa shape index (κ3) is 3.94. The quantitative estimate of drug-likeness (QED) is 0.498. The largest absolute Gasteiger partial charge is 0.308 e. The van der Waals surface area contributed by atoms with Crippen molar-refractivity contribution in [2.75, 3.05) is 5.43 Å². The molecular weight excluding hydrogens is 256 g/mol. The zero-order chi connectivity index (χ0) is 13.7. The van der Waals surface area contributed by atoms with E-state index in [0.717, 1.165) is 23.7 Å². The van der Waals surface area contributed by atoms with E-state index in [1.807, 2.05) is 6.07 Å². The number of nitrogens with one attached hydrogen (secondary N) is 1. The zero-order valence-electron chi connectivity index (χ0n) is 11.2. The van der Waals surface area contributed by atoms with Gasteiger partial charge in [-0.3, -0.25) is 0 Å². The average Bonchev–Trinajstić information content (AvgIpc) is 2.44. The van der Waals surface area contributed by atoms with Crippen molar-refractivity contribution in [1.29, 1.82) is 0 Å². The van der Waals surface area contributed by atoms with Gasteiger partial charge >= 0.3 is 0 Å². The van der Waals surface area contributed by atoms with Gasteiger partial charge in [0.25, 0.3) is 0 Å². The van der Waals surface area contributed by atoms with Crippen LogP contribution in [0.4, 0.5) is 5.82 Å². The summed E-state index contributed by atoms with van der Waals surface area (Å²) in [5, 5.41) is 0. The van der Waals surface area contributed by atoms with E-state index in [1.54, 1.807) is 11.8 Å². The Morgan fingerprint density at radius 3 is 2.79 bits per heavy atom. The second-order valence-corrected chi connectivity index (χ2v) is 5.31. The van der Waals surface area contributed by atoms with Crippen molar-refractivity contribution < 1.29 is 0 Å². The van der Waals surface area contributed by atoms with Crippen molar-refractivity contribution in [3.8, 4) is 0 Å². The van der Waals surface area contributed by atoms with Crippen LogP contribution in [-0.2, 0) is 12.2 Å². The first-order valence-electron chi connectivity index (χ1n) is 6.24. The second-order valence-electron chi connectivity index (χ2n) is 4.26. The lowest BCUT2D eigenvalue weighted by molar-refractivity contribution is 0.938. The van der Waals surface area contributed by atoms with Gasteiger partial charge < -0.3 is 5.43 Å². The van der Waals surface area contributed by atoms with Crippen LogP contribution in [0.1, 0.15) is 24.0 Å². The molecule has 0 saturated carbocycles. The lowest BCUT2D eigenvalue weighted by Crippen LogP contribution is -2.11. The summed E-state index contributed by atoms with van der Waals surface area (Å²) >= 11 is 1.73. The number of nitrogen functional groups attached to an aromatic ring is 1. The summed E-state index contributed by atoms with van der Waals surface area (Å²) in [4.78, 5) is 10.1. The minimum absolute atomic E-state index is 0.673. The second kappa shape index (κ2) is 6.54. The molecule has 0 radical (unpaired) electrons. The van der Waals surface area contributed by atoms with E-state index in [1.165, 1.54) is 10.5 Å². The number of aryl methyl sites for hydroxylation is 2. The number of hydrazine groups is 1. The van der Waals surface area contributed by atoms with Gasteiger partial charge in [0.05, 0.1) is 5.75 Å². The summed E-state index contributed by atoms with van der Waals surface area (Å²) in [5.74, 6) is 7.64. The van der Waals surface area contributed by atoms with Gasteiger partial charge in [0.2, 0.25) is 0 Å². The van der Waals surface area contributed by atoms with Gasteiger partial charge in [-0.25, -0.2) is 15.8 Å². The Labute approximate surface area is 117 Å². The summed E-state index contributed by atoms with van der Waals surface area (Å²) < 4.78 is 0. The normalized spacial score (nSPS) is 10.5. The van der Waals surface area contributed by atoms with Crippen LogP contribution in [0.2, 0.25) is 0 Å². The summed E-state index contributed by atoms with van der Waals surface area (Å²) in [6, 6.07) is 10.3. The highest BCUT2D eigenvalue weighted by molar-refractivity contribution is 7.98. The van der Waals surface area contributed by atoms with Crippen LogP contribution >= 0.6 is 11.8 Å². The van der Waals surface area contributed by atoms with Crippen molar-refractivity contribution in [2.45, 2.75) is 30.9 Å². The van der Waals surface area contributed by atoms with Gasteiger partial charge in [0.1, 0.15) is 11.6 Å². The molecule has 1 aromatic carbocycles. The van der Waals surface area contributed by atoms with E-state index in [-0.39, 0.29) is 0 Å². The van der Waals surface area contributed by atoms with Crippen LogP contribution < -0.4 is 11.3 Å². The SMILES string of the molecule is CCc1cc(NN)nc(CSc2cccc(C)c2)n1. The molecule has 5 heteroatoms. The Morgan fingerprint density at radius 2 is 2.11 bits per heavy atom. The molecule has 0 atom stereocenters. The third-order valence-corrected chi connectivity index (χ3v) is 3.68. The van der Waals surface area contributed by atoms with Gasteiger partial charge in [-0.15, -0.1) is 11.8 Å². The Morgan fingerprint density at radius 1 is 1.26 bits per heavy atom. The fourth-order valence-corrected chi connectivity index (χ4v) is 2.59. The molecule has 3 N–H and O–H groups in total. The molecule has 0 amide bonds. The number of nitrogens with two attached hydrogens (primary N) is 1. The lowest BCUT2D eigenvalue weighted by Gasteiger charge is -2.06. The number of rotatable bonds is 5. The smallest absolute Gasteiger partial charge is 0.143 e. The van der Waals surface area contributed by atoms with Crippen molar-refractivity contribution in [3.05, 3.63) is 47.4 Å². The highest BCUT2D eigenvalue weighted by Crippen LogP contribution is 2.22. The van der Waals surface area contributed by atoms with Crippen molar-refractivity contribution >= 4 is 17.6 Å². The Bertz CT molecular complexity index is 535. The van der Waals surface area contributed by atoms with E-state index in [2.05, 4.69) is 53.5 Å². The minimum Gasteiger partial charge on any atom is -0.308 e. The summed E-state index contributed by atoms with van der Waals surface area (Å²) in [7, 11) is 0. The maximum Gasteiger partial charge on any atom is 0.143 e. The molecule has 0 spiro atoms. The van der Waals surface area contributed by atoms with Gasteiger partial charge in [-0.2, -0.15) is 0 Å². The van der Waals surface area contributed by atoms with Crippen LogP contribution in [0.15, 0.2) is 35.2 Å². The molecule has 1 aromatic heterocycles. The fraction of sp³-hybridized carbons (Fsp3) is 0.286. The highest BCUT2D eigenvalue weighted by atomic mass is 32.2. The lowest BCUT2D eigenvalue weighted by atomic mass is 10.2. The van der Waals surface area contributed by atoms with Crippen LogP contribution in [0.25, 0.3) is 0 Å². The fourth-order valence-electron chi connectivity index (χ4n) is 1.72. The summed E-state index contributed by atoms with van der Waals surface area (Å²) in [6.07, 6.45) is 0.874. The molecule has 4 nitrogen and oxygen atoms in total. The topological polar surface area (TPSA) is 63.8 Å². The number of anilines is 1. The molecule has 2 aromatic rings. The predicted octanol–water partition coefficient (Wildman–Crippen LogP) is 2.93. The molecule has 0 bridgehead atoms. The average molecular weight is 274 g/mol. The molecule has 0 fully saturated rings. The molecule has 100 valence electrons. The third-order valence-electron chi connectivity index (χ3n) is 2.69. The number of hydrogen-bond acceptors (Lipinski definition) is 5. The highest BCUT2D eigenvalue weighted by Gasteiger charge is 2.04. The van der Waals surface area contributed by atoms with Crippen LogP contribution in [0, 0.1) is 6.92 Å².